The lowest BCUT2D eigenvalue weighted by atomic mass is 10.1. The van der Waals surface area contributed by atoms with Gasteiger partial charge in [0.15, 0.2) is 17.7 Å². The first kappa shape index (κ1) is 15.3. The van der Waals surface area contributed by atoms with Crippen molar-refractivity contribution in [2.75, 3.05) is 5.73 Å². The van der Waals surface area contributed by atoms with Gasteiger partial charge >= 0.3 is 7.82 Å². The number of ether oxygens (including phenoxy) is 1. The third-order valence-electron chi connectivity index (χ3n) is 3.37. The lowest BCUT2D eigenvalue weighted by molar-refractivity contribution is -0.0292. The SMILES string of the molecule is CC1OC(n2cnc3c(N)ncnc32)[C@H](OP(=O)(O)O)[C@@H]1O. The van der Waals surface area contributed by atoms with Gasteiger partial charge in [0.1, 0.15) is 24.1 Å². The van der Waals surface area contributed by atoms with Crippen LogP contribution in [-0.4, -0.2) is 52.7 Å². The molecular formula is C10H14N5O6P. The van der Waals surface area contributed by atoms with Crippen LogP contribution in [0.4, 0.5) is 5.82 Å². The molecule has 1 saturated heterocycles. The Bertz CT molecular complexity index is 746. The first-order valence-corrected chi connectivity index (χ1v) is 7.81. The smallest absolute Gasteiger partial charge is 0.387 e. The normalized spacial score (nSPS) is 29.3. The molecule has 4 atom stereocenters. The van der Waals surface area contributed by atoms with Gasteiger partial charge < -0.3 is 25.4 Å². The van der Waals surface area contributed by atoms with E-state index in [1.807, 2.05) is 0 Å². The Kier molecular flexibility index (Phi) is 3.63. The highest BCUT2D eigenvalue weighted by Gasteiger charge is 2.47. The fourth-order valence-corrected chi connectivity index (χ4v) is 2.91. The minimum absolute atomic E-state index is 0.155. The molecule has 12 heteroatoms. The van der Waals surface area contributed by atoms with Crippen molar-refractivity contribution in [2.45, 2.75) is 31.5 Å². The van der Waals surface area contributed by atoms with Crippen LogP contribution in [0.15, 0.2) is 12.7 Å². The number of phosphoric ester groups is 1. The number of aromatic nitrogens is 4. The minimum Gasteiger partial charge on any atom is -0.387 e. The molecule has 1 aliphatic heterocycles. The highest BCUT2D eigenvalue weighted by Crippen LogP contribution is 2.45. The van der Waals surface area contributed by atoms with Gasteiger partial charge in [-0.25, -0.2) is 19.5 Å². The zero-order valence-corrected chi connectivity index (χ0v) is 12.2. The van der Waals surface area contributed by atoms with Crippen LogP contribution in [0.1, 0.15) is 13.2 Å². The first-order chi connectivity index (χ1) is 10.3. The summed E-state index contributed by atoms with van der Waals surface area (Å²) in [5.41, 5.74) is 6.31. The number of phosphoric acid groups is 1. The van der Waals surface area contributed by atoms with E-state index in [1.54, 1.807) is 6.92 Å². The minimum atomic E-state index is -4.82. The summed E-state index contributed by atoms with van der Waals surface area (Å²) in [6.07, 6.45) is -1.67. The van der Waals surface area contributed by atoms with E-state index in [4.69, 9.17) is 20.3 Å². The maximum absolute atomic E-state index is 11.1. The molecule has 0 bridgehead atoms. The van der Waals surface area contributed by atoms with Gasteiger partial charge in [0.2, 0.25) is 0 Å². The molecule has 0 spiro atoms. The average molecular weight is 331 g/mol. The lowest BCUT2D eigenvalue weighted by Gasteiger charge is -2.22. The number of aliphatic hydroxyl groups excluding tert-OH is 1. The number of nitrogen functional groups attached to an aromatic ring is 1. The highest BCUT2D eigenvalue weighted by atomic mass is 31.2. The van der Waals surface area contributed by atoms with Crippen molar-refractivity contribution in [2.24, 2.45) is 0 Å². The van der Waals surface area contributed by atoms with Crippen LogP contribution >= 0.6 is 7.82 Å². The molecule has 1 aliphatic rings. The molecule has 1 fully saturated rings. The Balaban J connectivity index is 2.04. The van der Waals surface area contributed by atoms with Crippen molar-refractivity contribution in [3.63, 3.8) is 0 Å². The summed E-state index contributed by atoms with van der Waals surface area (Å²) in [6.45, 7) is 1.56. The van der Waals surface area contributed by atoms with Gasteiger partial charge in [-0.15, -0.1) is 0 Å². The van der Waals surface area contributed by atoms with Crippen LogP contribution in [0.5, 0.6) is 0 Å². The van der Waals surface area contributed by atoms with Crippen molar-refractivity contribution in [1.29, 1.82) is 0 Å². The van der Waals surface area contributed by atoms with Gasteiger partial charge in [-0.1, -0.05) is 0 Å². The maximum atomic E-state index is 11.1. The standard InChI is InChI=1S/C10H14N5O6P/c1-4-6(16)7(21-22(17,18)19)10(20-4)15-3-14-5-8(11)12-2-13-9(5)15/h2-4,6-7,10,16H,1H3,(H2,11,12,13)(H2,17,18,19)/t4?,6-,7-,10?/m1/s1. The molecule has 11 nitrogen and oxygen atoms in total. The van der Waals surface area contributed by atoms with E-state index < -0.39 is 32.4 Å². The van der Waals surface area contributed by atoms with Gasteiger partial charge in [-0.3, -0.25) is 9.09 Å². The number of rotatable bonds is 3. The van der Waals surface area contributed by atoms with Crippen LogP contribution < -0.4 is 5.73 Å². The number of fused-ring (bicyclic) bond motifs is 1. The Labute approximate surface area is 124 Å². The molecule has 0 aliphatic carbocycles. The Morgan fingerprint density at radius 2 is 2.14 bits per heavy atom. The third kappa shape index (κ3) is 2.58. The predicted octanol–water partition coefficient (Wildman–Crippen LogP) is -0.835. The van der Waals surface area contributed by atoms with E-state index in [9.17, 15) is 9.67 Å². The molecule has 0 aromatic carbocycles. The van der Waals surface area contributed by atoms with E-state index in [0.717, 1.165) is 0 Å². The summed E-state index contributed by atoms with van der Waals surface area (Å²) in [5, 5.41) is 10.0. The second-order valence-electron chi connectivity index (χ2n) is 4.87. The zero-order valence-electron chi connectivity index (χ0n) is 11.3. The lowest BCUT2D eigenvalue weighted by Crippen LogP contribution is -2.32. The number of hydrogen-bond acceptors (Lipinski definition) is 8. The van der Waals surface area contributed by atoms with Gasteiger partial charge in [0.05, 0.1) is 12.4 Å². The van der Waals surface area contributed by atoms with Crippen molar-refractivity contribution in [1.82, 2.24) is 19.5 Å². The third-order valence-corrected chi connectivity index (χ3v) is 3.89. The van der Waals surface area contributed by atoms with E-state index in [1.165, 1.54) is 17.2 Å². The second kappa shape index (κ2) is 5.23. The highest BCUT2D eigenvalue weighted by molar-refractivity contribution is 7.46. The first-order valence-electron chi connectivity index (χ1n) is 6.28. The predicted molar refractivity (Wildman–Crippen MR) is 72.2 cm³/mol. The Morgan fingerprint density at radius 1 is 1.41 bits per heavy atom. The van der Waals surface area contributed by atoms with E-state index in [2.05, 4.69) is 19.5 Å². The molecule has 22 heavy (non-hydrogen) atoms. The number of nitrogens with two attached hydrogens (primary N) is 1. The Hall–Kier alpha value is -1.62. The molecule has 3 heterocycles. The van der Waals surface area contributed by atoms with Crippen LogP contribution in [0.25, 0.3) is 11.2 Å². The number of aliphatic hydroxyl groups is 1. The molecule has 120 valence electrons. The quantitative estimate of drug-likeness (QED) is 0.521. The summed E-state index contributed by atoms with van der Waals surface area (Å²) in [5.74, 6) is 0.155. The average Bonchev–Trinajstić information content (AvgIpc) is 2.95. The largest absolute Gasteiger partial charge is 0.470 e. The Morgan fingerprint density at radius 3 is 2.82 bits per heavy atom. The van der Waals surface area contributed by atoms with Crippen LogP contribution in [0.2, 0.25) is 0 Å². The zero-order chi connectivity index (χ0) is 16.1. The van der Waals surface area contributed by atoms with E-state index in [-0.39, 0.29) is 5.82 Å². The van der Waals surface area contributed by atoms with Crippen molar-refractivity contribution in [3.05, 3.63) is 12.7 Å². The molecule has 2 unspecified atom stereocenters. The maximum Gasteiger partial charge on any atom is 0.470 e. The molecule has 0 amide bonds. The van der Waals surface area contributed by atoms with Crippen LogP contribution in [0.3, 0.4) is 0 Å². The second-order valence-corrected chi connectivity index (χ2v) is 6.06. The molecular weight excluding hydrogens is 317 g/mol. The topological polar surface area (TPSA) is 166 Å². The fraction of sp³-hybridized carbons (Fsp3) is 0.500. The summed E-state index contributed by atoms with van der Waals surface area (Å²) in [6, 6.07) is 0. The molecule has 2 aromatic heterocycles. The molecule has 0 radical (unpaired) electrons. The van der Waals surface area contributed by atoms with E-state index >= 15 is 0 Å². The fourth-order valence-electron chi connectivity index (χ4n) is 2.37. The summed E-state index contributed by atoms with van der Waals surface area (Å²) in [7, 11) is -4.82. The van der Waals surface area contributed by atoms with Gasteiger partial charge in [0.25, 0.3) is 0 Å². The number of nitrogens with zero attached hydrogens (tertiary/aromatic N) is 4. The molecule has 2 aromatic rings. The van der Waals surface area contributed by atoms with Gasteiger partial charge in [-0.05, 0) is 6.92 Å². The van der Waals surface area contributed by atoms with Crippen molar-refractivity contribution in [3.8, 4) is 0 Å². The number of imidazole rings is 1. The summed E-state index contributed by atoms with van der Waals surface area (Å²) in [4.78, 5) is 29.9. The number of hydrogen-bond donors (Lipinski definition) is 4. The number of anilines is 1. The van der Waals surface area contributed by atoms with Gasteiger partial charge in [-0.2, -0.15) is 0 Å². The molecule has 5 N–H and O–H groups in total. The van der Waals surface area contributed by atoms with E-state index in [0.29, 0.717) is 11.2 Å². The van der Waals surface area contributed by atoms with Crippen molar-refractivity contribution < 1.29 is 28.7 Å². The summed E-state index contributed by atoms with van der Waals surface area (Å²) < 4.78 is 22.7. The van der Waals surface area contributed by atoms with Crippen molar-refractivity contribution >= 4 is 24.8 Å². The monoisotopic (exact) mass is 331 g/mol. The van der Waals surface area contributed by atoms with Crippen LogP contribution in [-0.2, 0) is 13.8 Å². The van der Waals surface area contributed by atoms with Crippen LogP contribution in [0, 0.1) is 0 Å². The molecule has 3 rings (SSSR count). The summed E-state index contributed by atoms with van der Waals surface area (Å²) >= 11 is 0. The molecule has 0 saturated carbocycles. The van der Waals surface area contributed by atoms with Gasteiger partial charge in [0, 0.05) is 0 Å².